The number of carbonyl (C=O) groups excluding carboxylic acids is 1. The van der Waals surface area contributed by atoms with E-state index < -0.39 is 17.8 Å². The van der Waals surface area contributed by atoms with E-state index in [1.165, 1.54) is 10.6 Å². The second kappa shape index (κ2) is 6.84. The average molecular weight is 392 g/mol. The summed E-state index contributed by atoms with van der Waals surface area (Å²) in [6.07, 6.45) is 2.99. The molecule has 10 heteroatoms. The van der Waals surface area contributed by atoms with Crippen molar-refractivity contribution in [2.45, 2.75) is 43.9 Å². The lowest BCUT2D eigenvalue weighted by Crippen LogP contribution is -2.28. The SMILES string of the molecule is NC(=O)c1cnn(C2CCC(Nc3cccc4nc(C(F)(F)F)cn34)CC2)c1. The summed E-state index contributed by atoms with van der Waals surface area (Å²) in [6.45, 7) is 0. The van der Waals surface area contributed by atoms with E-state index in [2.05, 4.69) is 15.4 Å². The van der Waals surface area contributed by atoms with E-state index in [1.807, 2.05) is 0 Å². The molecule has 1 fully saturated rings. The summed E-state index contributed by atoms with van der Waals surface area (Å²) in [6, 6.07) is 5.28. The molecule has 0 atom stereocenters. The Morgan fingerprint density at radius 3 is 2.57 bits per heavy atom. The number of imidazole rings is 1. The molecule has 0 saturated heterocycles. The number of carbonyl (C=O) groups is 1. The van der Waals surface area contributed by atoms with Crippen LogP contribution in [0.25, 0.3) is 5.65 Å². The molecule has 148 valence electrons. The first kappa shape index (κ1) is 18.3. The molecule has 3 aromatic rings. The van der Waals surface area contributed by atoms with Crippen LogP contribution in [0.1, 0.15) is 47.8 Å². The van der Waals surface area contributed by atoms with Gasteiger partial charge in [-0.1, -0.05) is 6.07 Å². The highest BCUT2D eigenvalue weighted by atomic mass is 19.4. The fourth-order valence-electron chi connectivity index (χ4n) is 3.62. The van der Waals surface area contributed by atoms with Crippen molar-refractivity contribution in [1.82, 2.24) is 19.2 Å². The number of anilines is 1. The molecule has 0 aromatic carbocycles. The predicted molar refractivity (Wildman–Crippen MR) is 95.9 cm³/mol. The Bertz CT molecular complexity index is 1000. The summed E-state index contributed by atoms with van der Waals surface area (Å²) in [5.41, 5.74) is 4.98. The molecule has 7 nitrogen and oxygen atoms in total. The van der Waals surface area contributed by atoms with Crippen molar-refractivity contribution in [1.29, 1.82) is 0 Å². The number of rotatable bonds is 4. The quantitative estimate of drug-likeness (QED) is 0.713. The van der Waals surface area contributed by atoms with E-state index in [4.69, 9.17) is 5.73 Å². The van der Waals surface area contributed by atoms with Gasteiger partial charge in [-0.15, -0.1) is 0 Å². The second-order valence-electron chi connectivity index (χ2n) is 6.99. The lowest BCUT2D eigenvalue weighted by molar-refractivity contribution is -0.140. The molecular formula is C18H19F3N6O. The van der Waals surface area contributed by atoms with Crippen LogP contribution in [0.2, 0.25) is 0 Å². The zero-order chi connectivity index (χ0) is 19.9. The van der Waals surface area contributed by atoms with Crippen LogP contribution in [0.5, 0.6) is 0 Å². The monoisotopic (exact) mass is 392 g/mol. The summed E-state index contributed by atoms with van der Waals surface area (Å²) >= 11 is 0. The van der Waals surface area contributed by atoms with Gasteiger partial charge in [-0.3, -0.25) is 13.9 Å². The van der Waals surface area contributed by atoms with E-state index in [9.17, 15) is 18.0 Å². The van der Waals surface area contributed by atoms with E-state index in [-0.39, 0.29) is 17.7 Å². The number of halogens is 3. The van der Waals surface area contributed by atoms with Crippen LogP contribution in [0.15, 0.2) is 36.8 Å². The highest BCUT2D eigenvalue weighted by Crippen LogP contribution is 2.32. The number of nitrogens with one attached hydrogen (secondary N) is 1. The van der Waals surface area contributed by atoms with Crippen molar-refractivity contribution >= 4 is 17.4 Å². The van der Waals surface area contributed by atoms with Gasteiger partial charge in [0, 0.05) is 18.4 Å². The number of hydrogen-bond acceptors (Lipinski definition) is 4. The number of alkyl halides is 3. The molecular weight excluding hydrogens is 373 g/mol. The Hall–Kier alpha value is -3.04. The molecule has 0 bridgehead atoms. The Morgan fingerprint density at radius 2 is 1.93 bits per heavy atom. The molecule has 1 amide bonds. The van der Waals surface area contributed by atoms with Crippen molar-refractivity contribution < 1.29 is 18.0 Å². The molecule has 0 spiro atoms. The smallest absolute Gasteiger partial charge is 0.368 e. The number of fused-ring (bicyclic) bond motifs is 1. The van der Waals surface area contributed by atoms with E-state index >= 15 is 0 Å². The third-order valence-corrected chi connectivity index (χ3v) is 5.09. The van der Waals surface area contributed by atoms with Gasteiger partial charge < -0.3 is 11.1 Å². The Morgan fingerprint density at radius 1 is 1.18 bits per heavy atom. The molecule has 0 unspecified atom stereocenters. The Labute approximate surface area is 158 Å². The number of nitrogens with two attached hydrogens (primary N) is 1. The van der Waals surface area contributed by atoms with Crippen molar-refractivity contribution in [2.24, 2.45) is 5.73 Å². The number of amides is 1. The molecule has 1 aliphatic carbocycles. The van der Waals surface area contributed by atoms with Crippen LogP contribution in [0.3, 0.4) is 0 Å². The lowest BCUT2D eigenvalue weighted by Gasteiger charge is -2.30. The summed E-state index contributed by atoms with van der Waals surface area (Å²) in [5, 5.41) is 7.55. The number of aromatic nitrogens is 4. The zero-order valence-electron chi connectivity index (χ0n) is 14.9. The molecule has 0 radical (unpaired) electrons. The van der Waals surface area contributed by atoms with Crippen LogP contribution in [-0.2, 0) is 6.18 Å². The molecule has 0 aliphatic heterocycles. The fourth-order valence-corrected chi connectivity index (χ4v) is 3.62. The number of pyridine rings is 1. The molecule has 3 aromatic heterocycles. The van der Waals surface area contributed by atoms with Gasteiger partial charge in [0.2, 0.25) is 0 Å². The maximum absolute atomic E-state index is 12.9. The minimum absolute atomic E-state index is 0.129. The normalized spacial score (nSPS) is 20.4. The minimum Gasteiger partial charge on any atom is -0.368 e. The average Bonchev–Trinajstić information content (AvgIpc) is 3.30. The molecule has 3 heterocycles. The van der Waals surface area contributed by atoms with Crippen molar-refractivity contribution in [2.75, 3.05) is 5.32 Å². The molecule has 1 saturated carbocycles. The fraction of sp³-hybridized carbons (Fsp3) is 0.389. The Kier molecular flexibility index (Phi) is 4.48. The van der Waals surface area contributed by atoms with E-state index in [1.54, 1.807) is 29.1 Å². The van der Waals surface area contributed by atoms with Crippen molar-refractivity contribution in [3.8, 4) is 0 Å². The number of nitrogens with zero attached hydrogens (tertiary/aromatic N) is 4. The highest BCUT2D eigenvalue weighted by molar-refractivity contribution is 5.92. The second-order valence-corrected chi connectivity index (χ2v) is 6.99. The third kappa shape index (κ3) is 3.54. The standard InChI is InChI=1S/C18H19F3N6O/c19-18(20,21)14-10-26-15(2-1-3-16(26)25-14)24-12-4-6-13(7-5-12)27-9-11(8-23-27)17(22)28/h1-3,8-10,12-13,24H,4-7H2,(H2,22,28). The van der Waals surface area contributed by atoms with Crippen LogP contribution in [0, 0.1) is 0 Å². The summed E-state index contributed by atoms with van der Waals surface area (Å²) in [7, 11) is 0. The van der Waals surface area contributed by atoms with Gasteiger partial charge in [-0.05, 0) is 37.8 Å². The first-order valence-corrected chi connectivity index (χ1v) is 8.97. The van der Waals surface area contributed by atoms with Gasteiger partial charge in [0.15, 0.2) is 5.69 Å². The predicted octanol–water partition coefficient (Wildman–Crippen LogP) is 3.24. The van der Waals surface area contributed by atoms with Crippen LogP contribution >= 0.6 is 0 Å². The minimum atomic E-state index is -4.48. The van der Waals surface area contributed by atoms with Gasteiger partial charge in [0.25, 0.3) is 5.91 Å². The number of hydrogen-bond donors (Lipinski definition) is 2. The van der Waals surface area contributed by atoms with Gasteiger partial charge in [-0.2, -0.15) is 18.3 Å². The van der Waals surface area contributed by atoms with Crippen molar-refractivity contribution in [3.63, 3.8) is 0 Å². The number of primary amides is 1. The highest BCUT2D eigenvalue weighted by Gasteiger charge is 2.34. The molecule has 1 aliphatic rings. The third-order valence-electron chi connectivity index (χ3n) is 5.09. The Balaban J connectivity index is 1.44. The molecule has 3 N–H and O–H groups in total. The first-order chi connectivity index (χ1) is 13.3. The molecule has 28 heavy (non-hydrogen) atoms. The van der Waals surface area contributed by atoms with E-state index in [0.29, 0.717) is 11.4 Å². The van der Waals surface area contributed by atoms with Crippen LogP contribution < -0.4 is 11.1 Å². The molecule has 4 rings (SSSR count). The summed E-state index contributed by atoms with van der Waals surface area (Å²) in [5.74, 6) is 0.0762. The van der Waals surface area contributed by atoms with Gasteiger partial charge in [0.1, 0.15) is 11.5 Å². The van der Waals surface area contributed by atoms with Crippen LogP contribution in [-0.4, -0.2) is 31.1 Å². The van der Waals surface area contributed by atoms with Gasteiger partial charge in [0.05, 0.1) is 17.8 Å². The van der Waals surface area contributed by atoms with Crippen LogP contribution in [0.4, 0.5) is 19.0 Å². The van der Waals surface area contributed by atoms with Crippen molar-refractivity contribution in [3.05, 3.63) is 48.0 Å². The van der Waals surface area contributed by atoms with Gasteiger partial charge >= 0.3 is 6.18 Å². The first-order valence-electron chi connectivity index (χ1n) is 8.97. The topological polar surface area (TPSA) is 90.2 Å². The largest absolute Gasteiger partial charge is 0.434 e. The maximum atomic E-state index is 12.9. The summed E-state index contributed by atoms with van der Waals surface area (Å²) < 4.78 is 42.0. The maximum Gasteiger partial charge on any atom is 0.434 e. The van der Waals surface area contributed by atoms with Gasteiger partial charge in [-0.25, -0.2) is 4.98 Å². The summed E-state index contributed by atoms with van der Waals surface area (Å²) in [4.78, 5) is 14.9. The lowest BCUT2D eigenvalue weighted by atomic mass is 9.91. The zero-order valence-corrected chi connectivity index (χ0v) is 14.9. The van der Waals surface area contributed by atoms with E-state index in [0.717, 1.165) is 31.9 Å².